The lowest BCUT2D eigenvalue weighted by atomic mass is 10.1. The van der Waals surface area contributed by atoms with Gasteiger partial charge in [0.1, 0.15) is 0 Å². The molecule has 1 aliphatic rings. The van der Waals surface area contributed by atoms with E-state index in [1.165, 1.54) is 10.4 Å². The Hall–Kier alpha value is -2.18. The van der Waals surface area contributed by atoms with Crippen molar-refractivity contribution in [2.75, 3.05) is 18.4 Å². The SMILES string of the molecule is Cc1cccc(NC(=O)c2cc(S(=O)(=O)N3CCCC3)ccc2C)c1. The van der Waals surface area contributed by atoms with Gasteiger partial charge in [0, 0.05) is 24.3 Å². The van der Waals surface area contributed by atoms with Crippen LogP contribution < -0.4 is 5.32 Å². The molecule has 0 radical (unpaired) electrons. The van der Waals surface area contributed by atoms with Gasteiger partial charge in [0.2, 0.25) is 10.0 Å². The molecule has 0 unspecified atom stereocenters. The summed E-state index contributed by atoms with van der Waals surface area (Å²) in [5.41, 5.74) is 2.85. The van der Waals surface area contributed by atoms with Crippen LogP contribution in [0.5, 0.6) is 0 Å². The maximum absolute atomic E-state index is 12.7. The topological polar surface area (TPSA) is 66.5 Å². The lowest BCUT2D eigenvalue weighted by Gasteiger charge is -2.17. The molecule has 0 aliphatic carbocycles. The number of aryl methyl sites for hydroxylation is 2. The van der Waals surface area contributed by atoms with Gasteiger partial charge in [-0.05, 0) is 62.1 Å². The van der Waals surface area contributed by atoms with E-state index < -0.39 is 10.0 Å². The first-order valence-electron chi connectivity index (χ1n) is 8.37. The van der Waals surface area contributed by atoms with Crippen molar-refractivity contribution in [3.8, 4) is 0 Å². The summed E-state index contributed by atoms with van der Waals surface area (Å²) in [4.78, 5) is 12.8. The van der Waals surface area contributed by atoms with E-state index in [9.17, 15) is 13.2 Å². The van der Waals surface area contributed by atoms with Crippen LogP contribution in [-0.2, 0) is 10.0 Å². The summed E-state index contributed by atoms with van der Waals surface area (Å²) in [6.45, 7) is 4.84. The Balaban J connectivity index is 1.90. The van der Waals surface area contributed by atoms with Crippen molar-refractivity contribution in [3.05, 3.63) is 59.2 Å². The standard InChI is InChI=1S/C19H22N2O3S/c1-14-6-5-7-16(12-14)20-19(22)18-13-17(9-8-15(18)2)25(23,24)21-10-3-4-11-21/h5-9,12-13H,3-4,10-11H2,1-2H3,(H,20,22). The Morgan fingerprint density at radius 1 is 1.04 bits per heavy atom. The third kappa shape index (κ3) is 3.75. The number of carbonyl (C=O) groups excluding carboxylic acids is 1. The number of rotatable bonds is 4. The maximum Gasteiger partial charge on any atom is 0.255 e. The molecule has 1 N–H and O–H groups in total. The second kappa shape index (κ2) is 6.98. The van der Waals surface area contributed by atoms with Crippen LogP contribution in [0.2, 0.25) is 0 Å². The smallest absolute Gasteiger partial charge is 0.255 e. The quantitative estimate of drug-likeness (QED) is 0.911. The van der Waals surface area contributed by atoms with Crippen LogP contribution in [0.15, 0.2) is 47.4 Å². The molecule has 2 aromatic rings. The molecule has 3 rings (SSSR count). The average molecular weight is 358 g/mol. The maximum atomic E-state index is 12.7. The number of nitrogens with one attached hydrogen (secondary N) is 1. The van der Waals surface area contributed by atoms with Crippen LogP contribution in [0, 0.1) is 13.8 Å². The van der Waals surface area contributed by atoms with Crippen LogP contribution in [0.4, 0.5) is 5.69 Å². The zero-order valence-electron chi connectivity index (χ0n) is 14.5. The summed E-state index contributed by atoms with van der Waals surface area (Å²) in [6.07, 6.45) is 1.76. The normalized spacial score (nSPS) is 15.3. The molecule has 1 saturated heterocycles. The molecule has 2 aromatic carbocycles. The van der Waals surface area contributed by atoms with Gasteiger partial charge in [-0.25, -0.2) is 8.42 Å². The third-order valence-electron chi connectivity index (χ3n) is 4.43. The monoisotopic (exact) mass is 358 g/mol. The number of sulfonamides is 1. The minimum atomic E-state index is -3.54. The fourth-order valence-corrected chi connectivity index (χ4v) is 4.55. The van der Waals surface area contributed by atoms with Crippen LogP contribution in [0.3, 0.4) is 0 Å². The summed E-state index contributed by atoms with van der Waals surface area (Å²) in [5.74, 6) is -0.304. The van der Waals surface area contributed by atoms with E-state index in [0.717, 1.165) is 24.0 Å². The van der Waals surface area contributed by atoms with Gasteiger partial charge in [-0.3, -0.25) is 4.79 Å². The van der Waals surface area contributed by atoms with E-state index in [1.807, 2.05) is 31.2 Å². The van der Waals surface area contributed by atoms with Crippen LogP contribution in [0.1, 0.15) is 34.3 Å². The predicted octanol–water partition coefficient (Wildman–Crippen LogP) is 3.34. The predicted molar refractivity (Wildman–Crippen MR) is 98.3 cm³/mol. The van der Waals surface area contributed by atoms with Gasteiger partial charge in [-0.2, -0.15) is 4.31 Å². The Morgan fingerprint density at radius 3 is 2.44 bits per heavy atom. The van der Waals surface area contributed by atoms with Gasteiger partial charge < -0.3 is 5.32 Å². The van der Waals surface area contributed by atoms with Gasteiger partial charge in [0.15, 0.2) is 0 Å². The van der Waals surface area contributed by atoms with Crippen molar-refractivity contribution in [1.82, 2.24) is 4.31 Å². The first-order chi connectivity index (χ1) is 11.9. The minimum absolute atomic E-state index is 0.175. The Kier molecular flexibility index (Phi) is 4.92. The summed E-state index contributed by atoms with van der Waals surface area (Å²) in [6, 6.07) is 12.2. The minimum Gasteiger partial charge on any atom is -0.322 e. The van der Waals surface area contributed by atoms with Crippen molar-refractivity contribution < 1.29 is 13.2 Å². The largest absolute Gasteiger partial charge is 0.322 e. The van der Waals surface area contributed by atoms with Gasteiger partial charge >= 0.3 is 0 Å². The second-order valence-corrected chi connectivity index (χ2v) is 8.35. The number of nitrogens with zero attached hydrogens (tertiary/aromatic N) is 1. The average Bonchev–Trinajstić information content (AvgIpc) is 3.10. The van der Waals surface area contributed by atoms with Crippen molar-refractivity contribution in [2.45, 2.75) is 31.6 Å². The number of carbonyl (C=O) groups is 1. The van der Waals surface area contributed by atoms with Gasteiger partial charge in [-0.1, -0.05) is 18.2 Å². The first-order valence-corrected chi connectivity index (χ1v) is 9.81. The summed E-state index contributed by atoms with van der Waals surface area (Å²) in [7, 11) is -3.54. The lowest BCUT2D eigenvalue weighted by Crippen LogP contribution is -2.28. The molecule has 1 heterocycles. The Morgan fingerprint density at radius 2 is 1.76 bits per heavy atom. The molecule has 0 aromatic heterocycles. The summed E-state index contributed by atoms with van der Waals surface area (Å²) < 4.78 is 26.9. The van der Waals surface area contributed by atoms with Gasteiger partial charge in [0.05, 0.1) is 4.90 Å². The van der Waals surface area contributed by atoms with Crippen molar-refractivity contribution in [3.63, 3.8) is 0 Å². The molecule has 25 heavy (non-hydrogen) atoms. The highest BCUT2D eigenvalue weighted by atomic mass is 32.2. The van der Waals surface area contributed by atoms with Gasteiger partial charge in [-0.15, -0.1) is 0 Å². The van der Waals surface area contributed by atoms with Crippen molar-refractivity contribution >= 4 is 21.6 Å². The van der Waals surface area contributed by atoms with Crippen molar-refractivity contribution in [1.29, 1.82) is 0 Å². The van der Waals surface area contributed by atoms with Crippen molar-refractivity contribution in [2.24, 2.45) is 0 Å². The highest BCUT2D eigenvalue weighted by molar-refractivity contribution is 7.89. The fourth-order valence-electron chi connectivity index (χ4n) is 3.00. The zero-order chi connectivity index (χ0) is 18.0. The van der Waals surface area contributed by atoms with E-state index in [4.69, 9.17) is 0 Å². The second-order valence-electron chi connectivity index (χ2n) is 6.41. The molecular weight excluding hydrogens is 336 g/mol. The molecule has 0 atom stereocenters. The van der Waals surface area contributed by atoms with E-state index in [2.05, 4.69) is 5.32 Å². The highest BCUT2D eigenvalue weighted by Gasteiger charge is 2.28. The van der Waals surface area contributed by atoms with E-state index >= 15 is 0 Å². The van der Waals surface area contributed by atoms with E-state index in [-0.39, 0.29) is 10.8 Å². The van der Waals surface area contributed by atoms with Crippen LogP contribution in [0.25, 0.3) is 0 Å². The number of amides is 1. The third-order valence-corrected chi connectivity index (χ3v) is 6.33. The number of benzene rings is 2. The molecule has 1 amide bonds. The molecule has 1 fully saturated rings. The van der Waals surface area contributed by atoms with Gasteiger partial charge in [0.25, 0.3) is 5.91 Å². The summed E-state index contributed by atoms with van der Waals surface area (Å²) >= 11 is 0. The Bertz CT molecular complexity index is 901. The molecule has 1 aliphatic heterocycles. The number of hydrogen-bond acceptors (Lipinski definition) is 3. The molecule has 5 nitrogen and oxygen atoms in total. The zero-order valence-corrected chi connectivity index (χ0v) is 15.3. The van der Waals surface area contributed by atoms with Crippen LogP contribution >= 0.6 is 0 Å². The fraction of sp³-hybridized carbons (Fsp3) is 0.316. The first kappa shape index (κ1) is 17.6. The molecule has 132 valence electrons. The number of anilines is 1. The molecule has 0 spiro atoms. The highest BCUT2D eigenvalue weighted by Crippen LogP contribution is 2.23. The molecule has 6 heteroatoms. The van der Waals surface area contributed by atoms with Crippen LogP contribution in [-0.4, -0.2) is 31.7 Å². The Labute approximate surface area is 148 Å². The molecular formula is C19H22N2O3S. The molecule has 0 saturated carbocycles. The van der Waals surface area contributed by atoms with E-state index in [0.29, 0.717) is 24.3 Å². The lowest BCUT2D eigenvalue weighted by molar-refractivity contribution is 0.102. The van der Waals surface area contributed by atoms with E-state index in [1.54, 1.807) is 19.1 Å². The molecule has 0 bridgehead atoms. The number of hydrogen-bond donors (Lipinski definition) is 1. The summed E-state index contributed by atoms with van der Waals surface area (Å²) in [5, 5.41) is 2.84.